The van der Waals surface area contributed by atoms with Crippen LogP contribution in [-0.2, 0) is 9.47 Å². The highest BCUT2D eigenvalue weighted by molar-refractivity contribution is 5.05. The van der Waals surface area contributed by atoms with Crippen molar-refractivity contribution in [1.82, 2.24) is 4.90 Å². The summed E-state index contributed by atoms with van der Waals surface area (Å²) in [4.78, 5) is 2.40. The standard InChI is InChI=1S/C20H34F3NO2/c1-4-9-18(2,3)26-14-19-10-5-12-24(19)16(8-11-19)13-25-17(15-6-7-15)20(21,22)23/h15-17H,4-14H2,1-3H3/t16-,17?,19-/m0/s1. The molecule has 1 aliphatic carbocycles. The number of nitrogens with zero attached hydrogens (tertiary/aromatic N) is 1. The van der Waals surface area contributed by atoms with E-state index < -0.39 is 12.3 Å². The molecule has 0 aromatic heterocycles. The summed E-state index contributed by atoms with van der Waals surface area (Å²) in [7, 11) is 0. The Labute approximate surface area is 155 Å². The molecule has 0 aromatic rings. The van der Waals surface area contributed by atoms with Gasteiger partial charge in [-0.1, -0.05) is 13.3 Å². The lowest BCUT2D eigenvalue weighted by atomic mass is 9.94. The summed E-state index contributed by atoms with van der Waals surface area (Å²) in [5.41, 5.74) is -0.133. The van der Waals surface area contributed by atoms with Crippen molar-refractivity contribution in [3.8, 4) is 0 Å². The van der Waals surface area contributed by atoms with Gasteiger partial charge in [-0.3, -0.25) is 4.90 Å². The van der Waals surface area contributed by atoms with E-state index in [1.165, 1.54) is 0 Å². The molecule has 0 radical (unpaired) electrons. The van der Waals surface area contributed by atoms with E-state index in [0.29, 0.717) is 19.4 Å². The van der Waals surface area contributed by atoms with Gasteiger partial charge in [-0.25, -0.2) is 0 Å². The van der Waals surface area contributed by atoms with Crippen LogP contribution in [0.25, 0.3) is 0 Å². The van der Waals surface area contributed by atoms with E-state index in [2.05, 4.69) is 25.7 Å². The summed E-state index contributed by atoms with van der Waals surface area (Å²) in [5, 5.41) is 0. The molecule has 6 heteroatoms. The Morgan fingerprint density at radius 3 is 2.50 bits per heavy atom. The van der Waals surface area contributed by atoms with Crippen molar-refractivity contribution in [2.75, 3.05) is 19.8 Å². The third-order valence-corrected chi connectivity index (χ3v) is 6.46. The maximum atomic E-state index is 13.2. The second-order valence-corrected chi connectivity index (χ2v) is 9.15. The lowest BCUT2D eigenvalue weighted by molar-refractivity contribution is -0.230. The van der Waals surface area contributed by atoms with Crippen molar-refractivity contribution >= 4 is 0 Å². The normalized spacial score (nSPS) is 31.4. The van der Waals surface area contributed by atoms with E-state index in [1.807, 2.05) is 0 Å². The summed E-state index contributed by atoms with van der Waals surface area (Å²) in [6.45, 7) is 8.25. The molecule has 0 amide bonds. The van der Waals surface area contributed by atoms with Crippen molar-refractivity contribution < 1.29 is 22.6 Å². The monoisotopic (exact) mass is 377 g/mol. The van der Waals surface area contributed by atoms with Gasteiger partial charge in [0.1, 0.15) is 0 Å². The fraction of sp³-hybridized carbons (Fsp3) is 1.00. The zero-order valence-corrected chi connectivity index (χ0v) is 16.4. The average molecular weight is 377 g/mol. The molecule has 3 aliphatic rings. The van der Waals surface area contributed by atoms with Gasteiger partial charge in [0.25, 0.3) is 0 Å². The smallest absolute Gasteiger partial charge is 0.374 e. The van der Waals surface area contributed by atoms with Crippen LogP contribution in [0.2, 0.25) is 0 Å². The van der Waals surface area contributed by atoms with Gasteiger partial charge in [0, 0.05) is 11.6 Å². The van der Waals surface area contributed by atoms with E-state index >= 15 is 0 Å². The van der Waals surface area contributed by atoms with Gasteiger partial charge in [-0.05, 0) is 71.3 Å². The van der Waals surface area contributed by atoms with E-state index in [-0.39, 0.29) is 29.7 Å². The summed E-state index contributed by atoms with van der Waals surface area (Å²) in [6.07, 6.45) is 1.66. The Morgan fingerprint density at radius 2 is 1.88 bits per heavy atom. The van der Waals surface area contributed by atoms with E-state index in [1.54, 1.807) is 0 Å². The zero-order chi connectivity index (χ0) is 19.0. The number of fused-ring (bicyclic) bond motifs is 1. The van der Waals surface area contributed by atoms with Gasteiger partial charge in [0.05, 0.1) is 18.8 Å². The molecule has 152 valence electrons. The summed E-state index contributed by atoms with van der Waals surface area (Å²) in [5.74, 6) is -0.321. The molecular weight excluding hydrogens is 343 g/mol. The van der Waals surface area contributed by atoms with Gasteiger partial charge in [0.15, 0.2) is 6.10 Å². The number of ether oxygens (including phenoxy) is 2. The number of halogens is 3. The van der Waals surface area contributed by atoms with Crippen LogP contribution in [0, 0.1) is 5.92 Å². The molecule has 2 saturated heterocycles. The molecule has 0 spiro atoms. The zero-order valence-electron chi connectivity index (χ0n) is 16.4. The van der Waals surface area contributed by atoms with Crippen LogP contribution in [-0.4, -0.2) is 54.1 Å². The van der Waals surface area contributed by atoms with Crippen LogP contribution in [0.4, 0.5) is 13.2 Å². The van der Waals surface area contributed by atoms with Crippen molar-refractivity contribution in [3.05, 3.63) is 0 Å². The molecule has 0 N–H and O–H groups in total. The predicted octanol–water partition coefficient (Wildman–Crippen LogP) is 4.94. The lowest BCUT2D eigenvalue weighted by Gasteiger charge is -2.38. The Hall–Kier alpha value is -0.330. The van der Waals surface area contributed by atoms with Crippen LogP contribution in [0.3, 0.4) is 0 Å². The predicted molar refractivity (Wildman–Crippen MR) is 95.2 cm³/mol. The van der Waals surface area contributed by atoms with Crippen molar-refractivity contribution in [1.29, 1.82) is 0 Å². The van der Waals surface area contributed by atoms with Crippen LogP contribution in [0.15, 0.2) is 0 Å². The van der Waals surface area contributed by atoms with Gasteiger partial charge >= 0.3 is 6.18 Å². The Bertz CT molecular complexity index is 478. The molecule has 2 aliphatic heterocycles. The van der Waals surface area contributed by atoms with Gasteiger partial charge in [0.2, 0.25) is 0 Å². The SMILES string of the molecule is CCCC(C)(C)OC[C@@]12CCCN1[C@H](COC(C1CC1)C(F)(F)F)CC2. The molecule has 3 fully saturated rings. The second kappa shape index (κ2) is 7.59. The molecular formula is C20H34F3NO2. The largest absolute Gasteiger partial charge is 0.414 e. The van der Waals surface area contributed by atoms with Gasteiger partial charge in [-0.15, -0.1) is 0 Å². The summed E-state index contributed by atoms with van der Waals surface area (Å²) in [6, 6.07) is 0.0963. The minimum Gasteiger partial charge on any atom is -0.374 e. The Morgan fingerprint density at radius 1 is 1.15 bits per heavy atom. The van der Waals surface area contributed by atoms with Crippen LogP contribution in [0.5, 0.6) is 0 Å². The third-order valence-electron chi connectivity index (χ3n) is 6.46. The molecule has 0 aromatic carbocycles. The molecule has 0 bridgehead atoms. The van der Waals surface area contributed by atoms with Crippen LogP contribution >= 0.6 is 0 Å². The van der Waals surface area contributed by atoms with Crippen LogP contribution < -0.4 is 0 Å². The Balaban J connectivity index is 1.56. The third kappa shape index (κ3) is 4.56. The fourth-order valence-corrected chi connectivity index (χ4v) is 4.90. The number of hydrogen-bond donors (Lipinski definition) is 0. The molecule has 26 heavy (non-hydrogen) atoms. The number of hydrogen-bond acceptors (Lipinski definition) is 3. The maximum absolute atomic E-state index is 13.2. The second-order valence-electron chi connectivity index (χ2n) is 9.15. The molecule has 1 unspecified atom stereocenters. The molecule has 2 heterocycles. The van der Waals surface area contributed by atoms with E-state index in [0.717, 1.165) is 45.1 Å². The first-order chi connectivity index (χ1) is 12.2. The highest BCUT2D eigenvalue weighted by atomic mass is 19.4. The lowest BCUT2D eigenvalue weighted by Crippen LogP contribution is -2.49. The first-order valence-corrected chi connectivity index (χ1v) is 10.3. The molecule has 3 nitrogen and oxygen atoms in total. The molecule has 3 atom stereocenters. The number of alkyl halides is 3. The van der Waals surface area contributed by atoms with Crippen molar-refractivity contribution in [2.45, 2.75) is 102 Å². The highest BCUT2D eigenvalue weighted by Crippen LogP contribution is 2.45. The fourth-order valence-electron chi connectivity index (χ4n) is 4.90. The van der Waals surface area contributed by atoms with Gasteiger partial charge in [-0.2, -0.15) is 13.2 Å². The maximum Gasteiger partial charge on any atom is 0.414 e. The summed E-state index contributed by atoms with van der Waals surface area (Å²) >= 11 is 0. The minimum absolute atomic E-state index is 0.00630. The first kappa shape index (κ1) is 20.4. The number of rotatable bonds is 9. The van der Waals surface area contributed by atoms with E-state index in [4.69, 9.17) is 9.47 Å². The quantitative estimate of drug-likeness (QED) is 0.568. The van der Waals surface area contributed by atoms with E-state index in [9.17, 15) is 13.2 Å². The highest BCUT2D eigenvalue weighted by Gasteiger charge is 2.53. The molecule has 1 saturated carbocycles. The molecule has 3 rings (SSSR count). The van der Waals surface area contributed by atoms with Crippen molar-refractivity contribution in [2.24, 2.45) is 5.92 Å². The van der Waals surface area contributed by atoms with Crippen molar-refractivity contribution in [3.63, 3.8) is 0 Å². The summed E-state index contributed by atoms with van der Waals surface area (Å²) < 4.78 is 51.3. The van der Waals surface area contributed by atoms with Crippen LogP contribution in [0.1, 0.15) is 72.1 Å². The first-order valence-electron chi connectivity index (χ1n) is 10.3. The van der Waals surface area contributed by atoms with Gasteiger partial charge < -0.3 is 9.47 Å². The average Bonchev–Trinajstić information content (AvgIpc) is 3.17. The topological polar surface area (TPSA) is 21.7 Å². The minimum atomic E-state index is -4.24. The Kier molecular flexibility index (Phi) is 5.96.